The Morgan fingerprint density at radius 2 is 1.86 bits per heavy atom. The standard InChI is InChI=1S/C15H8BrCl2NOS/c16-12-7-13(17)14(18)15-11(12)6-9(8-20)19(15)21-10-4-2-1-3-5-10/h1-8H. The number of hydrogen-bond donors (Lipinski definition) is 0. The van der Waals surface area contributed by atoms with Crippen LogP contribution in [0.1, 0.15) is 10.5 Å². The van der Waals surface area contributed by atoms with Gasteiger partial charge in [-0.25, -0.2) is 0 Å². The molecule has 0 atom stereocenters. The van der Waals surface area contributed by atoms with Crippen LogP contribution >= 0.6 is 51.1 Å². The van der Waals surface area contributed by atoms with E-state index in [-0.39, 0.29) is 0 Å². The van der Waals surface area contributed by atoms with Gasteiger partial charge in [0.25, 0.3) is 0 Å². The average molecular weight is 401 g/mol. The highest BCUT2D eigenvalue weighted by molar-refractivity contribution is 9.10. The number of aldehydes is 1. The summed E-state index contributed by atoms with van der Waals surface area (Å²) in [6.07, 6.45) is 0.812. The van der Waals surface area contributed by atoms with Gasteiger partial charge in [0.2, 0.25) is 0 Å². The van der Waals surface area contributed by atoms with Gasteiger partial charge in [-0.15, -0.1) is 0 Å². The highest BCUT2D eigenvalue weighted by atomic mass is 79.9. The number of benzene rings is 2. The molecule has 0 aliphatic heterocycles. The van der Waals surface area contributed by atoms with E-state index >= 15 is 0 Å². The van der Waals surface area contributed by atoms with Gasteiger partial charge in [-0.05, 0) is 36.2 Å². The Labute approximate surface area is 144 Å². The van der Waals surface area contributed by atoms with E-state index in [1.54, 1.807) is 16.1 Å². The number of carbonyl (C=O) groups is 1. The number of carbonyl (C=O) groups excluding carboxylic acids is 1. The van der Waals surface area contributed by atoms with Crippen molar-refractivity contribution in [3.05, 3.63) is 62.7 Å². The maximum Gasteiger partial charge on any atom is 0.167 e. The minimum Gasteiger partial charge on any atom is -0.296 e. The molecule has 2 nitrogen and oxygen atoms in total. The molecule has 3 aromatic rings. The minimum absolute atomic E-state index is 0.436. The van der Waals surface area contributed by atoms with E-state index in [0.29, 0.717) is 15.7 Å². The zero-order chi connectivity index (χ0) is 15.0. The second kappa shape index (κ2) is 6.05. The Morgan fingerprint density at radius 1 is 1.14 bits per heavy atom. The lowest BCUT2D eigenvalue weighted by Gasteiger charge is -2.09. The molecule has 0 aliphatic rings. The topological polar surface area (TPSA) is 22.0 Å². The van der Waals surface area contributed by atoms with Crippen molar-refractivity contribution in [3.63, 3.8) is 0 Å². The monoisotopic (exact) mass is 399 g/mol. The van der Waals surface area contributed by atoms with Crippen LogP contribution in [0.15, 0.2) is 51.8 Å². The van der Waals surface area contributed by atoms with E-state index in [2.05, 4.69) is 15.9 Å². The van der Waals surface area contributed by atoms with E-state index in [0.717, 1.165) is 26.6 Å². The second-order valence-electron chi connectivity index (χ2n) is 4.30. The molecule has 3 rings (SSSR count). The first-order chi connectivity index (χ1) is 10.1. The summed E-state index contributed by atoms with van der Waals surface area (Å²) in [5.74, 6) is 0. The predicted octanol–water partition coefficient (Wildman–Crippen LogP) is 6.08. The zero-order valence-electron chi connectivity index (χ0n) is 10.5. The number of nitrogens with zero attached hydrogens (tertiary/aromatic N) is 1. The van der Waals surface area contributed by atoms with Gasteiger partial charge in [-0.1, -0.05) is 57.3 Å². The number of rotatable bonds is 3. The average Bonchev–Trinajstić information content (AvgIpc) is 2.85. The molecule has 0 N–H and O–H groups in total. The SMILES string of the molecule is O=Cc1cc2c(Br)cc(Cl)c(Cl)c2n1Sc1ccccc1. The molecule has 0 unspecified atom stereocenters. The maximum absolute atomic E-state index is 11.4. The lowest BCUT2D eigenvalue weighted by molar-refractivity contribution is 0.111. The van der Waals surface area contributed by atoms with E-state index in [1.807, 2.05) is 30.3 Å². The Hall–Kier alpha value is -0.940. The number of aromatic nitrogens is 1. The van der Waals surface area contributed by atoms with E-state index in [4.69, 9.17) is 23.2 Å². The Morgan fingerprint density at radius 3 is 2.52 bits per heavy atom. The molecule has 6 heteroatoms. The summed E-state index contributed by atoms with van der Waals surface area (Å²) in [4.78, 5) is 12.4. The Kier molecular flexibility index (Phi) is 4.31. The lowest BCUT2D eigenvalue weighted by atomic mass is 10.2. The zero-order valence-corrected chi connectivity index (χ0v) is 14.4. The fraction of sp³-hybridized carbons (Fsp3) is 0. The third-order valence-corrected chi connectivity index (χ3v) is 5.47. The van der Waals surface area contributed by atoms with Crippen molar-refractivity contribution in [1.82, 2.24) is 3.97 Å². The van der Waals surface area contributed by atoms with Gasteiger partial charge in [0, 0.05) is 14.8 Å². The van der Waals surface area contributed by atoms with Crippen LogP contribution in [0.4, 0.5) is 0 Å². The normalized spacial score (nSPS) is 11.0. The van der Waals surface area contributed by atoms with Crippen LogP contribution in [-0.2, 0) is 0 Å². The maximum atomic E-state index is 11.4. The van der Waals surface area contributed by atoms with Crippen LogP contribution in [0.25, 0.3) is 10.9 Å². The van der Waals surface area contributed by atoms with Crippen LogP contribution in [0.5, 0.6) is 0 Å². The van der Waals surface area contributed by atoms with Crippen LogP contribution < -0.4 is 0 Å². The summed E-state index contributed by atoms with van der Waals surface area (Å²) >= 11 is 17.4. The van der Waals surface area contributed by atoms with Crippen LogP contribution in [-0.4, -0.2) is 10.3 Å². The molecule has 0 saturated heterocycles. The Balaban J connectivity index is 2.27. The molecule has 0 fully saturated rings. The van der Waals surface area contributed by atoms with Crippen LogP contribution in [0, 0.1) is 0 Å². The van der Waals surface area contributed by atoms with E-state index in [9.17, 15) is 4.79 Å². The molecule has 0 spiro atoms. The quantitative estimate of drug-likeness (QED) is 0.392. The molecule has 0 radical (unpaired) electrons. The molecule has 0 bridgehead atoms. The molecule has 1 heterocycles. The minimum atomic E-state index is 0.436. The summed E-state index contributed by atoms with van der Waals surface area (Å²) in [6.45, 7) is 0. The van der Waals surface area contributed by atoms with Crippen molar-refractivity contribution >= 4 is 68.3 Å². The highest BCUT2D eigenvalue weighted by Crippen LogP contribution is 2.40. The van der Waals surface area contributed by atoms with Gasteiger partial charge < -0.3 is 0 Å². The molecular weight excluding hydrogens is 393 g/mol. The lowest BCUT2D eigenvalue weighted by Crippen LogP contribution is -1.93. The molecule has 0 amide bonds. The van der Waals surface area contributed by atoms with E-state index < -0.39 is 0 Å². The number of fused-ring (bicyclic) bond motifs is 1. The smallest absolute Gasteiger partial charge is 0.167 e. The molecule has 0 saturated carbocycles. The second-order valence-corrected chi connectivity index (χ2v) is 6.96. The summed E-state index contributed by atoms with van der Waals surface area (Å²) < 4.78 is 2.61. The van der Waals surface area contributed by atoms with Crippen molar-refractivity contribution in [2.45, 2.75) is 4.90 Å². The van der Waals surface area contributed by atoms with Crippen molar-refractivity contribution in [2.24, 2.45) is 0 Å². The van der Waals surface area contributed by atoms with Gasteiger partial charge in [0.15, 0.2) is 6.29 Å². The first kappa shape index (κ1) is 15.0. The molecule has 21 heavy (non-hydrogen) atoms. The first-order valence-electron chi connectivity index (χ1n) is 5.99. The van der Waals surface area contributed by atoms with Gasteiger partial charge in [-0.3, -0.25) is 8.77 Å². The molecule has 0 aliphatic carbocycles. The molecule has 2 aromatic carbocycles. The fourth-order valence-electron chi connectivity index (χ4n) is 2.04. The van der Waals surface area contributed by atoms with Crippen LogP contribution in [0.2, 0.25) is 10.0 Å². The number of halogens is 3. The highest BCUT2D eigenvalue weighted by Gasteiger charge is 2.17. The van der Waals surface area contributed by atoms with Crippen molar-refractivity contribution in [1.29, 1.82) is 0 Å². The van der Waals surface area contributed by atoms with Crippen molar-refractivity contribution < 1.29 is 4.79 Å². The summed E-state index contributed by atoms with van der Waals surface area (Å²) in [5.41, 5.74) is 1.26. The van der Waals surface area contributed by atoms with Gasteiger partial charge in [-0.2, -0.15) is 0 Å². The van der Waals surface area contributed by atoms with Gasteiger partial charge in [0.05, 0.1) is 21.3 Å². The fourth-order valence-corrected chi connectivity index (χ4v) is 4.16. The van der Waals surface area contributed by atoms with Gasteiger partial charge in [0.1, 0.15) is 0 Å². The van der Waals surface area contributed by atoms with E-state index in [1.165, 1.54) is 11.9 Å². The Bertz CT molecular complexity index is 833. The largest absolute Gasteiger partial charge is 0.296 e. The van der Waals surface area contributed by atoms with Crippen molar-refractivity contribution in [3.8, 4) is 0 Å². The molecule has 1 aromatic heterocycles. The third kappa shape index (κ3) is 2.73. The number of hydrogen-bond acceptors (Lipinski definition) is 2. The predicted molar refractivity (Wildman–Crippen MR) is 92.7 cm³/mol. The molecule has 106 valence electrons. The molecular formula is C15H8BrCl2NOS. The van der Waals surface area contributed by atoms with Gasteiger partial charge >= 0.3 is 0 Å². The third-order valence-electron chi connectivity index (χ3n) is 2.97. The summed E-state index contributed by atoms with van der Waals surface area (Å²) in [6, 6.07) is 13.3. The van der Waals surface area contributed by atoms with Crippen LogP contribution in [0.3, 0.4) is 0 Å². The summed E-state index contributed by atoms with van der Waals surface area (Å²) in [5, 5.41) is 1.74. The first-order valence-corrected chi connectivity index (χ1v) is 8.31. The summed E-state index contributed by atoms with van der Waals surface area (Å²) in [7, 11) is 0. The van der Waals surface area contributed by atoms with Crippen molar-refractivity contribution in [2.75, 3.05) is 0 Å².